The molecule has 1 aliphatic heterocycles. The van der Waals surface area contributed by atoms with Gasteiger partial charge < -0.3 is 16.2 Å². The summed E-state index contributed by atoms with van der Waals surface area (Å²) >= 11 is 0. The van der Waals surface area contributed by atoms with E-state index in [1.807, 2.05) is 5.01 Å². The number of halogens is 1. The number of carboxylic acids is 1. The van der Waals surface area contributed by atoms with Gasteiger partial charge in [0.05, 0.1) is 0 Å². The lowest BCUT2D eigenvalue weighted by Gasteiger charge is -2.27. The maximum Gasteiger partial charge on any atom is 0.325 e. The van der Waals surface area contributed by atoms with Gasteiger partial charge >= 0.3 is 5.97 Å². The Kier molecular flexibility index (Phi) is 6.76. The van der Waals surface area contributed by atoms with Crippen molar-refractivity contribution < 1.29 is 9.90 Å². The maximum atomic E-state index is 10.2. The molecule has 0 aromatic heterocycles. The highest BCUT2D eigenvalue weighted by Gasteiger charge is 2.09. The minimum Gasteiger partial charge on any atom is -0.480 e. The summed E-state index contributed by atoms with van der Waals surface area (Å²) in [5, 5.41) is 13.4. The molecule has 0 aliphatic carbocycles. The monoisotopic (exact) mass is 237 g/mol. The standard InChI is InChI=1S/C7H15N5O2.ClH/c8-7(10-5-6(13)14)11-12-3-1-9-2-4-12;/h9H,1-5H2,(H,13,14)(H3,8,10,11);1H. The molecule has 5 N–H and O–H groups in total. The van der Waals surface area contributed by atoms with Crippen molar-refractivity contribution in [1.29, 1.82) is 0 Å². The zero-order chi connectivity index (χ0) is 10.4. The summed E-state index contributed by atoms with van der Waals surface area (Å²) < 4.78 is 0. The molecule has 0 atom stereocenters. The Morgan fingerprint density at radius 2 is 2.13 bits per heavy atom. The minimum absolute atomic E-state index is 0. The fourth-order valence-corrected chi connectivity index (χ4v) is 1.13. The third-order valence-corrected chi connectivity index (χ3v) is 1.77. The molecule has 0 saturated carbocycles. The van der Waals surface area contributed by atoms with E-state index in [1.165, 1.54) is 0 Å². The summed E-state index contributed by atoms with van der Waals surface area (Å²) in [7, 11) is 0. The number of piperazine rings is 1. The normalized spacial score (nSPS) is 18.0. The molecule has 0 bridgehead atoms. The van der Waals surface area contributed by atoms with Gasteiger partial charge in [0.2, 0.25) is 5.96 Å². The molecule has 0 radical (unpaired) electrons. The van der Waals surface area contributed by atoms with Crippen molar-refractivity contribution in [1.82, 2.24) is 15.8 Å². The number of carboxylic acid groups (broad SMARTS) is 1. The first kappa shape index (κ1) is 13.9. The van der Waals surface area contributed by atoms with E-state index in [-0.39, 0.29) is 24.9 Å². The second-order valence-electron chi connectivity index (χ2n) is 2.94. The van der Waals surface area contributed by atoms with Crippen LogP contribution in [0.1, 0.15) is 0 Å². The van der Waals surface area contributed by atoms with Gasteiger partial charge in [-0.05, 0) is 0 Å². The van der Waals surface area contributed by atoms with E-state index < -0.39 is 5.97 Å². The first-order chi connectivity index (χ1) is 6.68. The molecule has 1 aliphatic rings. The number of rotatable bonds is 3. The van der Waals surface area contributed by atoms with Crippen LogP contribution < -0.4 is 16.5 Å². The summed E-state index contributed by atoms with van der Waals surface area (Å²) in [5.41, 5.74) is 8.30. The van der Waals surface area contributed by atoms with Crippen LogP contribution in [0.2, 0.25) is 0 Å². The van der Waals surface area contributed by atoms with Gasteiger partial charge in [0.15, 0.2) is 0 Å². The summed E-state index contributed by atoms with van der Waals surface area (Å²) in [6.45, 7) is 3.12. The fraction of sp³-hybridized carbons (Fsp3) is 0.714. The Labute approximate surface area is 94.1 Å². The van der Waals surface area contributed by atoms with E-state index in [0.29, 0.717) is 0 Å². The van der Waals surface area contributed by atoms with Crippen LogP contribution in [0.3, 0.4) is 0 Å². The largest absolute Gasteiger partial charge is 0.480 e. The highest BCUT2D eigenvalue weighted by Crippen LogP contribution is 1.85. The Hall–Kier alpha value is -1.05. The molecule has 15 heavy (non-hydrogen) atoms. The van der Waals surface area contributed by atoms with Gasteiger partial charge in [-0.1, -0.05) is 0 Å². The second-order valence-corrected chi connectivity index (χ2v) is 2.94. The number of nitrogens with one attached hydrogen (secondary N) is 2. The number of aliphatic imine (C=N–C) groups is 1. The number of hydrogen-bond donors (Lipinski definition) is 4. The van der Waals surface area contributed by atoms with Crippen molar-refractivity contribution >= 4 is 24.3 Å². The van der Waals surface area contributed by atoms with E-state index >= 15 is 0 Å². The lowest BCUT2D eigenvalue weighted by atomic mass is 10.4. The molecule has 88 valence electrons. The predicted octanol–water partition coefficient (Wildman–Crippen LogP) is -1.78. The molecular formula is C7H16ClN5O2. The van der Waals surface area contributed by atoms with E-state index in [1.54, 1.807) is 0 Å². The van der Waals surface area contributed by atoms with Crippen LogP contribution in [0.4, 0.5) is 0 Å². The lowest BCUT2D eigenvalue weighted by molar-refractivity contribution is -0.135. The summed E-state index contributed by atoms with van der Waals surface area (Å²) in [6.07, 6.45) is 0. The van der Waals surface area contributed by atoms with Crippen LogP contribution >= 0.6 is 12.4 Å². The quantitative estimate of drug-likeness (QED) is 0.342. The average Bonchev–Trinajstić information content (AvgIpc) is 2.16. The van der Waals surface area contributed by atoms with Crippen molar-refractivity contribution in [3.05, 3.63) is 0 Å². The molecule has 0 aromatic carbocycles. The molecule has 0 amide bonds. The van der Waals surface area contributed by atoms with Crippen LogP contribution in [0.25, 0.3) is 0 Å². The fourth-order valence-electron chi connectivity index (χ4n) is 1.13. The smallest absolute Gasteiger partial charge is 0.325 e. The Bertz CT molecular complexity index is 229. The summed E-state index contributed by atoms with van der Waals surface area (Å²) in [4.78, 5) is 13.8. The Morgan fingerprint density at radius 3 is 2.67 bits per heavy atom. The molecule has 1 fully saturated rings. The van der Waals surface area contributed by atoms with Crippen molar-refractivity contribution in [2.75, 3.05) is 32.7 Å². The van der Waals surface area contributed by atoms with Crippen LogP contribution in [0, 0.1) is 0 Å². The molecular weight excluding hydrogens is 222 g/mol. The van der Waals surface area contributed by atoms with Crippen LogP contribution in [-0.4, -0.2) is 54.8 Å². The van der Waals surface area contributed by atoms with E-state index in [9.17, 15) is 4.79 Å². The zero-order valence-corrected chi connectivity index (χ0v) is 9.09. The molecule has 1 heterocycles. The van der Waals surface area contributed by atoms with Gasteiger partial charge in [-0.15, -0.1) is 12.4 Å². The number of nitrogens with zero attached hydrogens (tertiary/aromatic N) is 2. The topological polar surface area (TPSA) is 103 Å². The molecule has 0 unspecified atom stereocenters. The average molecular weight is 238 g/mol. The Morgan fingerprint density at radius 1 is 1.53 bits per heavy atom. The van der Waals surface area contributed by atoms with Gasteiger partial charge in [-0.3, -0.25) is 10.2 Å². The van der Waals surface area contributed by atoms with Gasteiger partial charge in [0, 0.05) is 26.2 Å². The summed E-state index contributed by atoms with van der Waals surface area (Å²) in [6, 6.07) is 0. The maximum absolute atomic E-state index is 10.2. The molecule has 8 heteroatoms. The van der Waals surface area contributed by atoms with E-state index in [4.69, 9.17) is 10.8 Å². The van der Waals surface area contributed by atoms with E-state index in [0.717, 1.165) is 26.2 Å². The van der Waals surface area contributed by atoms with Gasteiger partial charge in [-0.25, -0.2) is 10.0 Å². The van der Waals surface area contributed by atoms with E-state index in [2.05, 4.69) is 15.7 Å². The third kappa shape index (κ3) is 6.10. The van der Waals surface area contributed by atoms with Crippen LogP contribution in [-0.2, 0) is 4.79 Å². The number of carbonyl (C=O) groups is 1. The van der Waals surface area contributed by atoms with Crippen molar-refractivity contribution in [3.8, 4) is 0 Å². The summed E-state index contributed by atoms with van der Waals surface area (Å²) in [5.74, 6) is -0.843. The van der Waals surface area contributed by atoms with Gasteiger partial charge in [0.25, 0.3) is 0 Å². The zero-order valence-electron chi connectivity index (χ0n) is 8.27. The van der Waals surface area contributed by atoms with Gasteiger partial charge in [0.1, 0.15) is 6.54 Å². The highest BCUT2D eigenvalue weighted by atomic mass is 35.5. The number of hydrazine groups is 1. The predicted molar refractivity (Wildman–Crippen MR) is 59.0 cm³/mol. The van der Waals surface area contributed by atoms with Crippen molar-refractivity contribution in [2.45, 2.75) is 0 Å². The molecule has 1 rings (SSSR count). The number of nitrogens with two attached hydrogens (primary N) is 1. The number of aliphatic carboxylic acids is 1. The van der Waals surface area contributed by atoms with Gasteiger partial charge in [-0.2, -0.15) is 0 Å². The number of hydrogen-bond acceptors (Lipinski definition) is 4. The second kappa shape index (κ2) is 7.27. The SMILES string of the molecule is Cl.NC(=NCC(=O)O)NN1CCNCC1. The first-order valence-electron chi connectivity index (χ1n) is 4.42. The minimum atomic E-state index is -0.991. The molecule has 0 aromatic rings. The molecule has 1 saturated heterocycles. The first-order valence-corrected chi connectivity index (χ1v) is 4.42. The van der Waals surface area contributed by atoms with Crippen molar-refractivity contribution in [2.24, 2.45) is 10.7 Å². The Balaban J connectivity index is 0.00000196. The number of guanidine groups is 1. The highest BCUT2D eigenvalue weighted by molar-refractivity contribution is 5.85. The molecule has 0 spiro atoms. The van der Waals surface area contributed by atoms with Crippen molar-refractivity contribution in [3.63, 3.8) is 0 Å². The van der Waals surface area contributed by atoms with Crippen LogP contribution in [0.15, 0.2) is 4.99 Å². The third-order valence-electron chi connectivity index (χ3n) is 1.77. The lowest BCUT2D eigenvalue weighted by Crippen LogP contribution is -2.54. The molecule has 7 nitrogen and oxygen atoms in total. The van der Waals surface area contributed by atoms with Crippen LogP contribution in [0.5, 0.6) is 0 Å².